The summed E-state index contributed by atoms with van der Waals surface area (Å²) < 4.78 is 15.2. The van der Waals surface area contributed by atoms with Gasteiger partial charge in [-0.15, -0.1) is 0 Å². The molecule has 7 heteroatoms. The summed E-state index contributed by atoms with van der Waals surface area (Å²) in [5.41, 5.74) is 1.92. The fourth-order valence-electron chi connectivity index (χ4n) is 2.27. The van der Waals surface area contributed by atoms with Crippen molar-refractivity contribution in [2.75, 3.05) is 27.9 Å². The highest BCUT2D eigenvalue weighted by Crippen LogP contribution is 2.28. The van der Waals surface area contributed by atoms with Crippen molar-refractivity contribution in [1.29, 1.82) is 0 Å². The molecule has 0 unspecified atom stereocenters. The molecule has 0 spiro atoms. The van der Waals surface area contributed by atoms with Crippen LogP contribution < -0.4 is 15.4 Å². The average Bonchev–Trinajstić information content (AvgIpc) is 2.54. The summed E-state index contributed by atoms with van der Waals surface area (Å²) in [4.78, 5) is 12.2. The lowest BCUT2D eigenvalue weighted by molar-refractivity contribution is -0.136. The predicted molar refractivity (Wildman–Crippen MR) is 85.5 cm³/mol. The van der Waals surface area contributed by atoms with Gasteiger partial charge in [0.25, 0.3) is 0 Å². The quantitative estimate of drug-likeness (QED) is 0.625. The Morgan fingerprint density at radius 2 is 1.91 bits per heavy atom. The van der Waals surface area contributed by atoms with E-state index in [2.05, 4.69) is 10.6 Å². The first-order chi connectivity index (χ1) is 10.6. The Labute approximate surface area is 134 Å². The number of nitrogens with one attached hydrogen (secondary N) is 2. The van der Waals surface area contributed by atoms with Crippen LogP contribution in [0.2, 0.25) is 0 Å². The minimum Gasteiger partial charge on any atom is -0.497 e. The van der Waals surface area contributed by atoms with E-state index in [0.29, 0.717) is 16.4 Å². The second-order valence-corrected chi connectivity index (χ2v) is 5.03. The van der Waals surface area contributed by atoms with Gasteiger partial charge in [0.15, 0.2) is 5.11 Å². The number of benzene rings is 1. The highest BCUT2D eigenvalue weighted by molar-refractivity contribution is 7.80. The van der Waals surface area contributed by atoms with Crippen LogP contribution in [0.1, 0.15) is 11.6 Å². The van der Waals surface area contributed by atoms with Gasteiger partial charge in [0.05, 0.1) is 38.1 Å². The third-order valence-corrected chi connectivity index (χ3v) is 3.52. The molecule has 0 saturated carbocycles. The smallest absolute Gasteiger partial charge is 0.338 e. The maximum absolute atomic E-state index is 12.2. The van der Waals surface area contributed by atoms with E-state index in [9.17, 15) is 4.79 Å². The van der Waals surface area contributed by atoms with Crippen LogP contribution in [-0.4, -0.2) is 39.0 Å². The van der Waals surface area contributed by atoms with E-state index in [1.807, 2.05) is 24.3 Å². The second kappa shape index (κ2) is 7.24. The zero-order valence-corrected chi connectivity index (χ0v) is 13.5. The number of hydrogen-bond donors (Lipinski definition) is 2. The van der Waals surface area contributed by atoms with E-state index >= 15 is 0 Å². The number of carbonyl (C=O) groups excluding carboxylic acids is 1. The molecule has 1 aliphatic rings. The molecule has 2 N–H and O–H groups in total. The van der Waals surface area contributed by atoms with Gasteiger partial charge in [-0.25, -0.2) is 4.79 Å². The molecule has 0 radical (unpaired) electrons. The Balaban J connectivity index is 2.46. The number of rotatable bonds is 5. The average molecular weight is 322 g/mol. The molecule has 1 aromatic rings. The van der Waals surface area contributed by atoms with Gasteiger partial charge in [-0.05, 0) is 29.9 Å². The number of thiocarbonyl (C=S) groups is 1. The summed E-state index contributed by atoms with van der Waals surface area (Å²) in [5.74, 6) is 0.302. The van der Waals surface area contributed by atoms with Crippen molar-refractivity contribution in [2.45, 2.75) is 6.04 Å². The molecule has 0 aromatic heterocycles. The van der Waals surface area contributed by atoms with Crippen molar-refractivity contribution in [1.82, 2.24) is 10.6 Å². The standard InChI is InChI=1S/C15H18N2O4S/c1-19-8-11-12(14(18)21-3)13(17-15(22)16-11)9-4-6-10(20-2)7-5-9/h4-7,13H,8H2,1-3H3,(H2,16,17,22)/t13-/m1/s1. The lowest BCUT2D eigenvalue weighted by atomic mass is 9.95. The molecular formula is C15H18N2O4S. The highest BCUT2D eigenvalue weighted by atomic mass is 32.1. The highest BCUT2D eigenvalue weighted by Gasteiger charge is 2.32. The second-order valence-electron chi connectivity index (χ2n) is 4.62. The molecule has 1 aromatic carbocycles. The van der Waals surface area contributed by atoms with Crippen LogP contribution in [-0.2, 0) is 14.3 Å². The molecule has 0 saturated heterocycles. The van der Waals surface area contributed by atoms with Crippen molar-refractivity contribution in [3.63, 3.8) is 0 Å². The van der Waals surface area contributed by atoms with E-state index in [1.165, 1.54) is 7.11 Å². The maximum atomic E-state index is 12.2. The van der Waals surface area contributed by atoms with Crippen LogP contribution in [0.25, 0.3) is 0 Å². The summed E-state index contributed by atoms with van der Waals surface area (Å²) in [7, 11) is 4.50. The summed E-state index contributed by atoms with van der Waals surface area (Å²) in [5, 5.41) is 6.47. The van der Waals surface area contributed by atoms with Crippen molar-refractivity contribution in [3.8, 4) is 5.75 Å². The van der Waals surface area contributed by atoms with Gasteiger partial charge < -0.3 is 24.8 Å². The first kappa shape index (κ1) is 16.3. The minimum absolute atomic E-state index is 0.235. The maximum Gasteiger partial charge on any atom is 0.338 e. The van der Waals surface area contributed by atoms with E-state index in [-0.39, 0.29) is 6.61 Å². The van der Waals surface area contributed by atoms with Gasteiger partial charge in [0, 0.05) is 7.11 Å². The molecule has 0 fully saturated rings. The van der Waals surface area contributed by atoms with Gasteiger partial charge in [-0.2, -0.15) is 0 Å². The Morgan fingerprint density at radius 1 is 1.23 bits per heavy atom. The van der Waals surface area contributed by atoms with E-state index in [4.69, 9.17) is 26.4 Å². The monoisotopic (exact) mass is 322 g/mol. The summed E-state index contributed by atoms with van der Waals surface area (Å²) in [6.07, 6.45) is 0. The Morgan fingerprint density at radius 3 is 2.45 bits per heavy atom. The predicted octanol–water partition coefficient (Wildman–Crippen LogP) is 1.29. The van der Waals surface area contributed by atoms with Gasteiger partial charge in [-0.1, -0.05) is 12.1 Å². The fraction of sp³-hybridized carbons (Fsp3) is 0.333. The zero-order chi connectivity index (χ0) is 16.1. The van der Waals surface area contributed by atoms with Crippen molar-refractivity contribution >= 4 is 23.3 Å². The third kappa shape index (κ3) is 3.37. The van der Waals surface area contributed by atoms with Gasteiger partial charge in [-0.3, -0.25) is 0 Å². The van der Waals surface area contributed by atoms with Crippen molar-refractivity contribution < 1.29 is 19.0 Å². The number of carbonyl (C=O) groups is 1. The van der Waals surface area contributed by atoms with Crippen LogP contribution in [0.15, 0.2) is 35.5 Å². The minimum atomic E-state index is -0.435. The van der Waals surface area contributed by atoms with E-state index in [0.717, 1.165) is 11.3 Å². The number of ether oxygens (including phenoxy) is 3. The Kier molecular flexibility index (Phi) is 5.35. The molecule has 0 amide bonds. The van der Waals surface area contributed by atoms with Crippen LogP contribution in [0.4, 0.5) is 0 Å². The molecule has 1 atom stereocenters. The number of methoxy groups -OCH3 is 3. The largest absolute Gasteiger partial charge is 0.497 e. The number of hydrogen-bond acceptors (Lipinski definition) is 5. The lowest BCUT2D eigenvalue weighted by Gasteiger charge is -2.30. The first-order valence-corrected chi connectivity index (χ1v) is 7.03. The topological polar surface area (TPSA) is 68.8 Å². The molecule has 1 aliphatic heterocycles. The third-order valence-electron chi connectivity index (χ3n) is 3.30. The number of esters is 1. The van der Waals surface area contributed by atoms with Gasteiger partial charge >= 0.3 is 5.97 Å². The van der Waals surface area contributed by atoms with Crippen molar-refractivity contribution in [2.24, 2.45) is 0 Å². The van der Waals surface area contributed by atoms with E-state index < -0.39 is 12.0 Å². The summed E-state index contributed by atoms with van der Waals surface area (Å²) in [6, 6.07) is 6.99. The van der Waals surface area contributed by atoms with Crippen molar-refractivity contribution in [3.05, 3.63) is 41.1 Å². The molecule has 22 heavy (non-hydrogen) atoms. The molecular weight excluding hydrogens is 304 g/mol. The zero-order valence-electron chi connectivity index (χ0n) is 12.6. The summed E-state index contributed by atoms with van der Waals surface area (Å²) >= 11 is 5.21. The molecule has 0 aliphatic carbocycles. The molecule has 2 rings (SSSR count). The summed E-state index contributed by atoms with van der Waals surface area (Å²) in [6.45, 7) is 0.235. The van der Waals surface area contributed by atoms with E-state index in [1.54, 1.807) is 14.2 Å². The molecule has 6 nitrogen and oxygen atoms in total. The normalized spacial score (nSPS) is 17.6. The molecule has 118 valence electrons. The Bertz CT molecular complexity index is 598. The molecule has 0 bridgehead atoms. The SMILES string of the molecule is COCC1=C(C(=O)OC)[C@@H](c2ccc(OC)cc2)NC(=S)N1. The van der Waals surface area contributed by atoms with Crippen LogP contribution in [0, 0.1) is 0 Å². The van der Waals surface area contributed by atoms with Crippen LogP contribution >= 0.6 is 12.2 Å². The van der Waals surface area contributed by atoms with Crippen LogP contribution in [0.5, 0.6) is 5.75 Å². The lowest BCUT2D eigenvalue weighted by Crippen LogP contribution is -2.46. The fourth-order valence-corrected chi connectivity index (χ4v) is 2.51. The first-order valence-electron chi connectivity index (χ1n) is 6.62. The molecule has 1 heterocycles. The van der Waals surface area contributed by atoms with Gasteiger partial charge in [0.2, 0.25) is 0 Å². The van der Waals surface area contributed by atoms with Gasteiger partial charge in [0.1, 0.15) is 5.75 Å². The van der Waals surface area contributed by atoms with Crippen LogP contribution in [0.3, 0.4) is 0 Å². The Hall–Kier alpha value is -2.12.